The van der Waals surface area contributed by atoms with E-state index in [4.69, 9.17) is 0 Å². The fourth-order valence-electron chi connectivity index (χ4n) is 10.8. The second kappa shape index (κ2) is 34.3. The second-order valence-electron chi connectivity index (χ2n) is 21.0. The van der Waals surface area contributed by atoms with Gasteiger partial charge in [0, 0.05) is 28.3 Å². The molecule has 456 valence electrons. The van der Waals surface area contributed by atoms with Gasteiger partial charge < -0.3 is 5.32 Å². The summed E-state index contributed by atoms with van der Waals surface area (Å²) in [5.41, 5.74) is -13.4. The molecule has 0 heterocycles. The van der Waals surface area contributed by atoms with E-state index in [0.717, 1.165) is 57.8 Å². The van der Waals surface area contributed by atoms with Crippen molar-refractivity contribution in [2.24, 2.45) is 0 Å². The van der Waals surface area contributed by atoms with Gasteiger partial charge >= 0.3 is 0 Å². The van der Waals surface area contributed by atoms with E-state index in [-0.39, 0.29) is 19.3 Å². The Kier molecular flexibility index (Phi) is 29.2. The second-order valence-corrected chi connectivity index (χ2v) is 21.0. The van der Waals surface area contributed by atoms with Crippen LogP contribution in [0.3, 0.4) is 0 Å². The van der Waals surface area contributed by atoms with Gasteiger partial charge in [-0.1, -0.05) is 193 Å². The third-order valence-corrected chi connectivity index (χ3v) is 15.2. The maximum absolute atomic E-state index is 15.7. The number of unbranched alkanes of at least 4 members (excludes halogenated alkanes) is 28. The van der Waals surface area contributed by atoms with Gasteiger partial charge in [-0.3, -0.25) is 0 Å². The Morgan fingerprint density at radius 1 is 0.247 bits per heavy atom. The number of benzene rings is 4. The van der Waals surface area contributed by atoms with Crippen LogP contribution in [0.1, 0.15) is 241 Å². The zero-order chi connectivity index (χ0) is 60.0. The van der Waals surface area contributed by atoms with Crippen molar-refractivity contribution >= 4 is 0 Å². The minimum absolute atomic E-state index is 0.0572. The summed E-state index contributed by atoms with van der Waals surface area (Å²) < 4.78 is 298. The molecule has 0 spiro atoms. The van der Waals surface area contributed by atoms with E-state index in [0.29, 0.717) is 57.9 Å². The minimum Gasteiger partial charge on any atom is -0.310 e. The summed E-state index contributed by atoms with van der Waals surface area (Å²) in [6.45, 7) is 2.53. The molecule has 1 unspecified atom stereocenters. The third kappa shape index (κ3) is 17.5. The van der Waals surface area contributed by atoms with Crippen molar-refractivity contribution in [3.05, 3.63) is 139 Å². The van der Waals surface area contributed by atoms with Crippen molar-refractivity contribution in [2.75, 3.05) is 6.54 Å². The molecular weight excluding hydrogens is 1110 g/mol. The van der Waals surface area contributed by atoms with Crippen LogP contribution >= 0.6 is 0 Å². The fourth-order valence-corrected chi connectivity index (χ4v) is 10.8. The van der Waals surface area contributed by atoms with Crippen molar-refractivity contribution < 1.29 is 87.8 Å². The van der Waals surface area contributed by atoms with Crippen LogP contribution in [0.2, 0.25) is 0 Å². The van der Waals surface area contributed by atoms with Gasteiger partial charge in [-0.25, -0.2) is 87.8 Å². The molecule has 0 aliphatic rings. The van der Waals surface area contributed by atoms with Crippen LogP contribution in [0.25, 0.3) is 0 Å². The van der Waals surface area contributed by atoms with Crippen LogP contribution < -0.4 is 5.32 Å². The fraction of sp³-hybridized carbons (Fsp3) is 0.600. The average Bonchev–Trinajstić information content (AvgIpc) is 3.49. The first-order chi connectivity index (χ1) is 38.6. The Labute approximate surface area is 461 Å². The molecule has 4 aromatic carbocycles. The van der Waals surface area contributed by atoms with Crippen molar-refractivity contribution in [2.45, 2.75) is 224 Å². The molecule has 0 aliphatic carbocycles. The standard InChI is InChI=1S/C60H71F20N/c1-2-3-4-5-6-7-8-9-10-13-16-19-22-25-28-31-34-81-35(36-40(61)48(69)56(77)49(70)41(36)62)32-29-26-23-20-17-14-11-12-15-18-21-24-27-30-33-60(37-42(63)50(71)57(78)51(72)43(37)64,38-44(65)52(73)58(79)53(74)45(38)66)39-46(67)54(75)59(80)55(76)47(39)68/h35,81H,2-34H2,1H3. The van der Waals surface area contributed by atoms with Crippen molar-refractivity contribution in [3.63, 3.8) is 0 Å². The average molecular weight is 1190 g/mol. The van der Waals surface area contributed by atoms with Gasteiger partial charge in [0.1, 0.15) is 0 Å². The predicted molar refractivity (Wildman–Crippen MR) is 269 cm³/mol. The lowest BCUT2D eigenvalue weighted by Crippen LogP contribution is -2.39. The largest absolute Gasteiger partial charge is 0.310 e. The van der Waals surface area contributed by atoms with Gasteiger partial charge in [0.15, 0.2) is 93.1 Å². The topological polar surface area (TPSA) is 12.0 Å². The molecule has 0 aliphatic heterocycles. The number of hydrogen-bond acceptors (Lipinski definition) is 1. The van der Waals surface area contributed by atoms with Crippen LogP contribution in [0, 0.1) is 116 Å². The van der Waals surface area contributed by atoms with E-state index in [1.54, 1.807) is 0 Å². The first kappa shape index (κ1) is 68.9. The highest BCUT2D eigenvalue weighted by molar-refractivity contribution is 5.55. The molecule has 0 radical (unpaired) electrons. The van der Waals surface area contributed by atoms with E-state index in [9.17, 15) is 61.5 Å². The number of nitrogens with one attached hydrogen (secondary N) is 1. The van der Waals surface area contributed by atoms with Gasteiger partial charge in [0.25, 0.3) is 0 Å². The summed E-state index contributed by atoms with van der Waals surface area (Å²) in [4.78, 5) is 0. The normalized spacial score (nSPS) is 12.4. The van der Waals surface area contributed by atoms with Crippen LogP contribution in [-0.2, 0) is 5.41 Å². The third-order valence-electron chi connectivity index (χ3n) is 15.2. The molecular formula is C60H71F20N. The Bertz CT molecular complexity index is 2350. The Morgan fingerprint density at radius 3 is 0.728 bits per heavy atom. The van der Waals surface area contributed by atoms with Crippen LogP contribution in [0.5, 0.6) is 0 Å². The molecule has 4 aromatic rings. The van der Waals surface area contributed by atoms with Gasteiger partial charge in [0.05, 0.1) is 5.41 Å². The first-order valence-electron chi connectivity index (χ1n) is 28.4. The zero-order valence-electron chi connectivity index (χ0n) is 45.5. The molecule has 1 atom stereocenters. The van der Waals surface area contributed by atoms with E-state index in [1.165, 1.54) is 64.2 Å². The molecule has 0 amide bonds. The smallest absolute Gasteiger partial charge is 0.200 e. The van der Waals surface area contributed by atoms with Gasteiger partial charge in [-0.15, -0.1) is 0 Å². The van der Waals surface area contributed by atoms with Gasteiger partial charge in [-0.05, 0) is 25.8 Å². The summed E-state index contributed by atoms with van der Waals surface area (Å²) in [5.74, 6) is -55.4. The summed E-state index contributed by atoms with van der Waals surface area (Å²) in [6, 6.07) is -1.10. The van der Waals surface area contributed by atoms with Crippen molar-refractivity contribution in [1.29, 1.82) is 0 Å². The predicted octanol–water partition coefficient (Wildman–Crippen LogP) is 21.6. The molecule has 21 heteroatoms. The van der Waals surface area contributed by atoms with Crippen LogP contribution in [-0.4, -0.2) is 6.54 Å². The minimum atomic E-state index is -4.49. The Morgan fingerprint density at radius 2 is 0.457 bits per heavy atom. The summed E-state index contributed by atoms with van der Waals surface area (Å²) in [5, 5.41) is 3.03. The highest BCUT2D eigenvalue weighted by Crippen LogP contribution is 2.52. The Hall–Kier alpha value is -4.56. The SMILES string of the molecule is CCCCCCCCCCCCCCCCCCNC(CCCCCCCCCCCCCCCCC(c1c(F)c(F)c(F)c(F)c1F)(c1c(F)c(F)c(F)c(F)c1F)c1c(F)c(F)c(F)c(F)c1F)c1c(F)c(F)c(F)c(F)c1F. The number of hydrogen-bond donors (Lipinski definition) is 1. The van der Waals surface area contributed by atoms with E-state index in [2.05, 4.69) is 12.2 Å². The maximum atomic E-state index is 15.7. The first-order valence-corrected chi connectivity index (χ1v) is 28.4. The van der Waals surface area contributed by atoms with Crippen molar-refractivity contribution in [1.82, 2.24) is 5.32 Å². The number of halogens is 20. The van der Waals surface area contributed by atoms with Crippen LogP contribution in [0.4, 0.5) is 87.8 Å². The van der Waals surface area contributed by atoms with Gasteiger partial charge in [-0.2, -0.15) is 0 Å². The van der Waals surface area contributed by atoms with Crippen molar-refractivity contribution in [3.8, 4) is 0 Å². The Balaban J connectivity index is 1.24. The molecule has 0 aromatic heterocycles. The maximum Gasteiger partial charge on any atom is 0.200 e. The molecule has 0 bridgehead atoms. The van der Waals surface area contributed by atoms with E-state index >= 15 is 26.3 Å². The van der Waals surface area contributed by atoms with Crippen LogP contribution in [0.15, 0.2) is 0 Å². The quantitative estimate of drug-likeness (QED) is 0.0154. The molecule has 1 nitrogen and oxygen atoms in total. The highest BCUT2D eigenvalue weighted by Gasteiger charge is 2.53. The summed E-state index contributed by atoms with van der Waals surface area (Å²) in [7, 11) is 0. The van der Waals surface area contributed by atoms with E-state index in [1.807, 2.05) is 0 Å². The lowest BCUT2D eigenvalue weighted by molar-refractivity contribution is 0.307. The lowest BCUT2D eigenvalue weighted by atomic mass is 9.65. The molecule has 4 rings (SSSR count). The molecule has 0 saturated carbocycles. The molecule has 0 saturated heterocycles. The molecule has 81 heavy (non-hydrogen) atoms. The summed E-state index contributed by atoms with van der Waals surface area (Å²) in [6.07, 6.45) is 22.8. The molecule has 1 N–H and O–H groups in total. The summed E-state index contributed by atoms with van der Waals surface area (Å²) >= 11 is 0. The monoisotopic (exact) mass is 1190 g/mol. The highest BCUT2D eigenvalue weighted by atomic mass is 19.2. The lowest BCUT2D eigenvalue weighted by Gasteiger charge is -2.37. The zero-order valence-corrected chi connectivity index (χ0v) is 45.5. The van der Waals surface area contributed by atoms with E-state index < -0.39 is 163 Å². The van der Waals surface area contributed by atoms with Gasteiger partial charge in [0.2, 0.25) is 23.3 Å². The number of rotatable bonds is 39. The molecule has 0 fully saturated rings.